The van der Waals surface area contributed by atoms with Crippen molar-refractivity contribution in [3.8, 4) is 0 Å². The van der Waals surface area contributed by atoms with Crippen molar-refractivity contribution in [1.82, 2.24) is 0 Å². The summed E-state index contributed by atoms with van der Waals surface area (Å²) in [6.45, 7) is 65.7. The van der Waals surface area contributed by atoms with Gasteiger partial charge in [-0.3, -0.25) is 0 Å². The van der Waals surface area contributed by atoms with Crippen LogP contribution in [0.2, 0.25) is 0 Å². The van der Waals surface area contributed by atoms with E-state index >= 15 is 0 Å². The van der Waals surface area contributed by atoms with Crippen LogP contribution < -0.4 is 0 Å². The summed E-state index contributed by atoms with van der Waals surface area (Å²) in [5, 5.41) is 0. The van der Waals surface area contributed by atoms with Gasteiger partial charge in [0.2, 0.25) is 0 Å². The van der Waals surface area contributed by atoms with Gasteiger partial charge < -0.3 is 0 Å². The van der Waals surface area contributed by atoms with E-state index < -0.39 is 0 Å². The van der Waals surface area contributed by atoms with E-state index in [0.717, 1.165) is 0 Å². The number of hydrogen-bond donors (Lipinski definition) is 0. The summed E-state index contributed by atoms with van der Waals surface area (Å²) in [6.07, 6.45) is 46.6. The molecule has 0 aromatic rings. The van der Waals surface area contributed by atoms with Crippen LogP contribution >= 0.6 is 0 Å². The Bertz CT molecular complexity index is 1630. The van der Waals surface area contributed by atoms with Crippen molar-refractivity contribution in [3.63, 3.8) is 0 Å². The first kappa shape index (κ1) is 66.5. The van der Waals surface area contributed by atoms with E-state index in [1.165, 1.54) is 205 Å². The lowest BCUT2D eigenvalue weighted by Gasteiger charge is -3.42. The molecule has 9 fully saturated rings. The van der Waals surface area contributed by atoms with Crippen LogP contribution in [0.15, 0.2) is 0 Å². The number of hydrogen-bond acceptors (Lipinski definition) is 0. The first-order chi connectivity index (χ1) is 34.9. The Morgan fingerprint density at radius 2 is 0.311 bits per heavy atom. The molecule has 0 aromatic carbocycles. The molecular formula is C74H142. The van der Waals surface area contributed by atoms with E-state index in [0.29, 0.717) is 86.6 Å². The third kappa shape index (κ3) is 5.90. The van der Waals surface area contributed by atoms with E-state index in [-0.39, 0.29) is 0 Å². The Morgan fingerprint density at radius 3 is 0.459 bits per heavy atom. The maximum Gasteiger partial charge on any atom is -0.00204 e. The van der Waals surface area contributed by atoms with Crippen molar-refractivity contribution in [2.45, 2.75) is 385 Å². The van der Waals surface area contributed by atoms with Gasteiger partial charge in [-0.15, -0.1) is 0 Å². The van der Waals surface area contributed by atoms with E-state index in [1.807, 2.05) is 41.5 Å². The Kier molecular flexibility index (Phi) is 20.8. The van der Waals surface area contributed by atoms with Crippen LogP contribution in [-0.4, -0.2) is 0 Å². The van der Waals surface area contributed by atoms with Crippen LogP contribution in [0.25, 0.3) is 0 Å². The summed E-state index contributed by atoms with van der Waals surface area (Å²) in [4.78, 5) is 0. The molecule has 0 saturated heterocycles. The maximum atomic E-state index is 2.87. The highest BCUT2D eigenvalue weighted by atomic mass is 15.4. The van der Waals surface area contributed by atoms with Crippen LogP contribution in [-0.2, 0) is 0 Å². The van der Waals surface area contributed by atoms with Crippen LogP contribution in [0, 0.1) is 86.6 Å². The normalized spacial score (nSPS) is 43.9. The van der Waals surface area contributed by atoms with Gasteiger partial charge in [0, 0.05) is 0 Å². The third-order valence-electron chi connectivity index (χ3n) is 30.1. The lowest BCUT2D eigenvalue weighted by atomic mass is 8.60. The van der Waals surface area contributed by atoms with Crippen molar-refractivity contribution >= 4 is 0 Å². The summed E-state index contributed by atoms with van der Waals surface area (Å²) in [5.74, 6) is 0. The van der Waals surface area contributed by atoms with Crippen molar-refractivity contribution in [2.24, 2.45) is 86.6 Å². The zero-order valence-electron chi connectivity index (χ0n) is 56.6. The fourth-order valence-electron chi connectivity index (χ4n) is 27.9. The zero-order chi connectivity index (χ0) is 56.6. The molecule has 9 aliphatic rings. The Morgan fingerprint density at radius 1 is 0.176 bits per heavy atom. The van der Waals surface area contributed by atoms with Gasteiger partial charge in [0.05, 0.1) is 0 Å². The molecule has 0 heterocycles. The minimum absolute atomic E-state index is 0.396. The molecule has 9 aliphatic carbocycles. The van der Waals surface area contributed by atoms with E-state index in [4.69, 9.17) is 0 Å². The van der Waals surface area contributed by atoms with E-state index in [2.05, 4.69) is 138 Å². The van der Waals surface area contributed by atoms with Crippen molar-refractivity contribution in [2.75, 3.05) is 0 Å². The summed E-state index contributed by atoms with van der Waals surface area (Å²) < 4.78 is 0. The van der Waals surface area contributed by atoms with Gasteiger partial charge in [0.1, 0.15) is 0 Å². The second-order valence-corrected chi connectivity index (χ2v) is 30.1. The standard InChI is InChI=1S/C34H52.2C17H36.3C2H6/c1-17-18-22(8)29(15)27(13)20(4,5)25(11)23(9)19(2,3)24(10)26(12)21(6,7)28(14)30(22,16)34(29)32(25,27)31(23,24)33(26,28)34;2*1-3-5-7-9-11-13-15-17-16-14-12-10-8-6-4-2;3*1-2/h17-18H2,1-16H3;2*3-17H2,1-2H3;3*1-2H3. The largest absolute Gasteiger partial charge is 0.0683 e. The molecule has 0 bridgehead atoms. The summed E-state index contributed by atoms with van der Waals surface area (Å²) in [7, 11) is 0. The minimum Gasteiger partial charge on any atom is -0.0683 e. The molecule has 10 atom stereocenters. The average Bonchev–Trinajstić information content (AvgIpc) is 3.39. The quantitative estimate of drug-likeness (QED) is 0.0629. The molecule has 4 spiro atoms. The highest BCUT2D eigenvalue weighted by Gasteiger charge is 3.42. The van der Waals surface area contributed by atoms with Gasteiger partial charge in [-0.25, -0.2) is 0 Å². The first-order valence-corrected chi connectivity index (χ1v) is 34.9. The lowest BCUT2D eigenvalue weighted by molar-refractivity contribution is -0.976. The van der Waals surface area contributed by atoms with Gasteiger partial charge in [0.15, 0.2) is 0 Å². The SMILES string of the molecule is CC.CC.CC.CCCC1(C)C2(C)C3(C)C(C)(C)C4(C)C5(C)C(C)(C)C6(C)C7(C)C(C)(C)C8(C)C1(C)C21C43C56C781.CCCCCCCCCCCCCCCCC.CCCCCCCCCCCCCCCCC. The molecule has 9 rings (SSSR count). The monoisotopic (exact) mass is 1030 g/mol. The highest BCUT2D eigenvalue weighted by molar-refractivity contribution is 5.87. The summed E-state index contributed by atoms with van der Waals surface area (Å²) in [6, 6.07) is 0. The molecule has 0 N–H and O–H groups in total. The molecule has 0 aliphatic heterocycles. The van der Waals surface area contributed by atoms with Crippen LogP contribution in [0.5, 0.6) is 0 Å². The molecule has 438 valence electrons. The van der Waals surface area contributed by atoms with Gasteiger partial charge in [0.25, 0.3) is 0 Å². The lowest BCUT2D eigenvalue weighted by Crippen LogP contribution is -3.41. The van der Waals surface area contributed by atoms with Crippen LogP contribution in [0.4, 0.5) is 0 Å². The highest BCUT2D eigenvalue weighted by Crippen LogP contribution is 3.44. The average molecular weight is 1030 g/mol. The molecule has 0 heteroatoms. The van der Waals surface area contributed by atoms with E-state index in [9.17, 15) is 0 Å². The molecule has 0 amide bonds. The summed E-state index contributed by atoms with van der Waals surface area (Å²) in [5.41, 5.74) is 7.71. The molecule has 0 radical (unpaired) electrons. The first-order valence-electron chi connectivity index (χ1n) is 34.9. The van der Waals surface area contributed by atoms with E-state index in [1.54, 1.807) is 0 Å². The molecule has 0 aromatic heterocycles. The molecule has 74 heavy (non-hydrogen) atoms. The number of unbranched alkanes of at least 4 members (excludes halogenated alkanes) is 28. The number of fused-ring (bicyclic) bond motifs is 4. The maximum absolute atomic E-state index is 2.87. The predicted molar refractivity (Wildman–Crippen MR) is 334 cm³/mol. The molecule has 10 unspecified atom stereocenters. The number of rotatable bonds is 30. The van der Waals surface area contributed by atoms with Crippen LogP contribution in [0.1, 0.15) is 385 Å². The van der Waals surface area contributed by atoms with Crippen molar-refractivity contribution in [1.29, 1.82) is 0 Å². The molecule has 9 saturated carbocycles. The Balaban J connectivity index is 0.000000255. The fourth-order valence-corrected chi connectivity index (χ4v) is 27.9. The molecule has 0 nitrogen and oxygen atoms in total. The Labute approximate surface area is 469 Å². The van der Waals surface area contributed by atoms with Gasteiger partial charge in [-0.05, 0) is 93.1 Å². The van der Waals surface area contributed by atoms with Crippen LogP contribution in [0.3, 0.4) is 0 Å². The second kappa shape index (κ2) is 23.1. The second-order valence-electron chi connectivity index (χ2n) is 30.1. The van der Waals surface area contributed by atoms with Crippen molar-refractivity contribution < 1.29 is 0 Å². The fraction of sp³-hybridized carbons (Fsp3) is 1.00. The van der Waals surface area contributed by atoms with Gasteiger partial charge in [-0.1, -0.05) is 379 Å². The van der Waals surface area contributed by atoms with Crippen molar-refractivity contribution in [3.05, 3.63) is 0 Å². The smallest absolute Gasteiger partial charge is 0.00204 e. The summed E-state index contributed by atoms with van der Waals surface area (Å²) >= 11 is 0. The molecular weight excluding hydrogens is 889 g/mol. The topological polar surface area (TPSA) is 0 Å². The van der Waals surface area contributed by atoms with Gasteiger partial charge >= 0.3 is 0 Å². The van der Waals surface area contributed by atoms with Gasteiger partial charge in [-0.2, -0.15) is 0 Å². The zero-order valence-corrected chi connectivity index (χ0v) is 56.6. The predicted octanol–water partition coefficient (Wildman–Crippen LogP) is 25.8. The minimum atomic E-state index is 0.396. The Hall–Kier alpha value is 0. The third-order valence-corrected chi connectivity index (χ3v) is 30.1.